The van der Waals surface area contributed by atoms with Gasteiger partial charge >= 0.3 is 6.04 Å². The summed E-state index contributed by atoms with van der Waals surface area (Å²) in [5, 5.41) is 2.73. The largest absolute Gasteiger partial charge is 0.375 e. The lowest BCUT2D eigenvalue weighted by molar-refractivity contribution is 0.0831. The van der Waals surface area contributed by atoms with Crippen LogP contribution in [-0.4, -0.2) is 18.1 Å². The van der Waals surface area contributed by atoms with Crippen LogP contribution in [0.5, 0.6) is 0 Å². The number of hydrogen-bond acceptors (Lipinski definition) is 2. The molecule has 4 heteroatoms. The molecule has 1 rings (SSSR count). The predicted molar refractivity (Wildman–Crippen MR) is 35.8 cm³/mol. The molecule has 0 bridgehead atoms. The number of anilines is 1. The fourth-order valence-electron chi connectivity index (χ4n) is 0.656. The lowest BCUT2D eigenvalue weighted by atomic mass is 10.5. The third kappa shape index (κ3) is 1.15. The Kier molecular flexibility index (Phi) is 1.71. The first kappa shape index (κ1) is 6.80. The van der Waals surface area contributed by atoms with E-state index >= 15 is 0 Å². The van der Waals surface area contributed by atoms with Crippen LogP contribution in [0, 0.1) is 0 Å². The van der Waals surface area contributed by atoms with Crippen molar-refractivity contribution in [3.8, 4) is 0 Å². The summed E-state index contributed by atoms with van der Waals surface area (Å²) in [5.41, 5.74) is -0.0237. The Labute approximate surface area is 57.2 Å². The second-order valence-electron chi connectivity index (χ2n) is 1.81. The van der Waals surface area contributed by atoms with Gasteiger partial charge in [-0.2, -0.15) is 4.39 Å². The maximum absolute atomic E-state index is 11.9. The lowest BCUT2D eigenvalue weighted by Crippen LogP contribution is -1.91. The van der Waals surface area contributed by atoms with Gasteiger partial charge in [0.1, 0.15) is 11.5 Å². The van der Waals surface area contributed by atoms with Crippen LogP contribution in [-0.2, 0) is 0 Å². The fraction of sp³-hybridized carbons (Fsp3) is 0.167. The Morgan fingerprint density at radius 2 is 2.40 bits per heavy atom. The van der Waals surface area contributed by atoms with Crippen molar-refractivity contribution in [2.45, 2.75) is 0 Å². The van der Waals surface area contributed by atoms with E-state index < -0.39 is 6.04 Å². The molecule has 0 spiro atoms. The van der Waals surface area contributed by atoms with E-state index in [-0.39, 0.29) is 5.69 Å². The van der Waals surface area contributed by atoms with E-state index in [1.54, 1.807) is 13.1 Å². The Hall–Kier alpha value is -1.32. The molecule has 0 aliphatic rings. The third-order valence-electron chi connectivity index (χ3n) is 1.17. The van der Waals surface area contributed by atoms with Gasteiger partial charge in [0.2, 0.25) is 0 Å². The quantitative estimate of drug-likeness (QED) is 0.608. The van der Waals surface area contributed by atoms with Gasteiger partial charge in [0.25, 0.3) is 0 Å². The number of H-pyrrole nitrogens is 1. The van der Waals surface area contributed by atoms with Crippen molar-refractivity contribution in [3.05, 3.63) is 17.8 Å². The van der Waals surface area contributed by atoms with Gasteiger partial charge in [-0.3, -0.25) is 4.79 Å². The molecule has 0 saturated heterocycles. The molecule has 54 valence electrons. The number of aromatic nitrogens is 1. The van der Waals surface area contributed by atoms with Gasteiger partial charge in [0.15, 0.2) is 0 Å². The van der Waals surface area contributed by atoms with Crippen molar-refractivity contribution in [2.75, 3.05) is 12.4 Å². The second kappa shape index (κ2) is 2.51. The summed E-state index contributed by atoms with van der Waals surface area (Å²) in [5.74, 6) is 0.626. The predicted octanol–water partition coefficient (Wildman–Crippen LogP) is 1.17. The van der Waals surface area contributed by atoms with Gasteiger partial charge < -0.3 is 10.3 Å². The summed E-state index contributed by atoms with van der Waals surface area (Å²) in [6, 6.07) is 1.53. The first-order valence-electron chi connectivity index (χ1n) is 2.80. The molecule has 1 aromatic rings. The topological polar surface area (TPSA) is 44.9 Å². The Balaban J connectivity index is 2.88. The number of rotatable bonds is 2. The van der Waals surface area contributed by atoms with E-state index in [0.717, 1.165) is 0 Å². The first-order valence-corrected chi connectivity index (χ1v) is 2.80. The Morgan fingerprint density at radius 1 is 1.70 bits per heavy atom. The van der Waals surface area contributed by atoms with Crippen molar-refractivity contribution in [1.82, 2.24) is 4.98 Å². The number of nitrogens with one attached hydrogen (secondary N) is 2. The molecule has 1 heterocycles. The molecular weight excluding hydrogens is 135 g/mol. The number of aromatic amines is 1. The first-order chi connectivity index (χ1) is 4.74. The molecule has 0 aliphatic carbocycles. The summed E-state index contributed by atoms with van der Waals surface area (Å²) >= 11 is 0. The normalized spacial score (nSPS) is 9.40. The van der Waals surface area contributed by atoms with E-state index in [2.05, 4.69) is 10.3 Å². The zero-order valence-electron chi connectivity index (χ0n) is 5.44. The van der Waals surface area contributed by atoms with Crippen molar-refractivity contribution < 1.29 is 9.18 Å². The van der Waals surface area contributed by atoms with Gasteiger partial charge in [-0.1, -0.05) is 0 Å². The molecule has 0 radical (unpaired) electrons. The molecule has 10 heavy (non-hydrogen) atoms. The highest BCUT2D eigenvalue weighted by Gasteiger charge is 2.04. The van der Waals surface area contributed by atoms with E-state index in [1.807, 2.05) is 0 Å². The zero-order valence-corrected chi connectivity index (χ0v) is 5.44. The van der Waals surface area contributed by atoms with Gasteiger partial charge in [-0.25, -0.2) is 0 Å². The SMILES string of the molecule is CNc1ccc(C(=O)F)[nH]1. The summed E-state index contributed by atoms with van der Waals surface area (Å²) in [6.07, 6.45) is 0. The molecule has 1 aromatic heterocycles. The van der Waals surface area contributed by atoms with Crippen molar-refractivity contribution in [2.24, 2.45) is 0 Å². The lowest BCUT2D eigenvalue weighted by Gasteiger charge is -1.90. The van der Waals surface area contributed by atoms with Crippen LogP contribution in [0.25, 0.3) is 0 Å². The minimum absolute atomic E-state index is 0.0237. The highest BCUT2D eigenvalue weighted by molar-refractivity contribution is 5.87. The van der Waals surface area contributed by atoms with Crippen LogP contribution < -0.4 is 5.32 Å². The fourth-order valence-corrected chi connectivity index (χ4v) is 0.656. The highest BCUT2D eigenvalue weighted by atomic mass is 19.1. The number of hydrogen-bond donors (Lipinski definition) is 2. The van der Waals surface area contributed by atoms with Crippen LogP contribution in [0.1, 0.15) is 10.5 Å². The average molecular weight is 142 g/mol. The summed E-state index contributed by atoms with van der Waals surface area (Å²) in [6.45, 7) is 0. The standard InChI is InChI=1S/C6H7FN2O/c1-8-5-3-2-4(9-5)6(7)10/h2-3,8-9H,1H3. The van der Waals surface area contributed by atoms with E-state index in [0.29, 0.717) is 5.82 Å². The zero-order chi connectivity index (χ0) is 7.56. The van der Waals surface area contributed by atoms with Crippen molar-refractivity contribution in [3.63, 3.8) is 0 Å². The second-order valence-corrected chi connectivity index (χ2v) is 1.81. The smallest absolute Gasteiger partial charge is 0.348 e. The number of halogens is 1. The minimum Gasteiger partial charge on any atom is -0.375 e. The summed E-state index contributed by atoms with van der Waals surface area (Å²) in [7, 11) is 1.68. The molecule has 0 saturated carbocycles. The van der Waals surface area contributed by atoms with Crippen LogP contribution in [0.2, 0.25) is 0 Å². The molecule has 0 aromatic carbocycles. The van der Waals surface area contributed by atoms with Crippen LogP contribution in [0.4, 0.5) is 10.2 Å². The van der Waals surface area contributed by atoms with Gasteiger partial charge in [-0.05, 0) is 12.1 Å². The van der Waals surface area contributed by atoms with Crippen LogP contribution >= 0.6 is 0 Å². The maximum Gasteiger partial charge on any atom is 0.348 e. The third-order valence-corrected chi connectivity index (χ3v) is 1.17. The highest BCUT2D eigenvalue weighted by Crippen LogP contribution is 2.06. The van der Waals surface area contributed by atoms with Crippen LogP contribution in [0.15, 0.2) is 12.1 Å². The summed E-state index contributed by atoms with van der Waals surface area (Å²) < 4.78 is 11.9. The Bertz CT molecular complexity index is 244. The Morgan fingerprint density at radius 3 is 2.70 bits per heavy atom. The van der Waals surface area contributed by atoms with Crippen molar-refractivity contribution >= 4 is 11.9 Å². The number of carbonyl (C=O) groups is 1. The minimum atomic E-state index is -1.44. The average Bonchev–Trinajstić information content (AvgIpc) is 2.34. The van der Waals surface area contributed by atoms with E-state index in [9.17, 15) is 9.18 Å². The molecule has 0 amide bonds. The van der Waals surface area contributed by atoms with E-state index in [1.165, 1.54) is 6.07 Å². The maximum atomic E-state index is 11.9. The molecule has 0 atom stereocenters. The molecule has 0 unspecified atom stereocenters. The molecule has 3 nitrogen and oxygen atoms in total. The monoisotopic (exact) mass is 142 g/mol. The van der Waals surface area contributed by atoms with Gasteiger partial charge in [-0.15, -0.1) is 0 Å². The van der Waals surface area contributed by atoms with Gasteiger partial charge in [0, 0.05) is 7.05 Å². The molecular formula is C6H7FN2O. The molecule has 0 aliphatic heterocycles. The molecule has 0 fully saturated rings. The summed E-state index contributed by atoms with van der Waals surface area (Å²) in [4.78, 5) is 12.6. The van der Waals surface area contributed by atoms with Gasteiger partial charge in [0.05, 0.1) is 0 Å². The van der Waals surface area contributed by atoms with Crippen molar-refractivity contribution in [1.29, 1.82) is 0 Å². The molecule has 2 N–H and O–H groups in total. The van der Waals surface area contributed by atoms with Crippen LogP contribution in [0.3, 0.4) is 0 Å². The van der Waals surface area contributed by atoms with E-state index in [4.69, 9.17) is 0 Å². The number of carbonyl (C=O) groups excluding carboxylic acids is 1.